The lowest BCUT2D eigenvalue weighted by Gasteiger charge is -2.21. The highest BCUT2D eigenvalue weighted by atomic mass is 32.2. The van der Waals surface area contributed by atoms with Crippen LogP contribution in [0.4, 0.5) is 27.8 Å². The van der Waals surface area contributed by atoms with Crippen molar-refractivity contribution in [2.75, 3.05) is 29.6 Å². The number of carbonyl (C=O) groups excluding carboxylic acids is 2. The molecule has 0 saturated heterocycles. The average molecular weight is 623 g/mol. The molecule has 232 valence electrons. The standard InChI is InChI=1S/C30H34N6O7S/c1-18(31-29(38)43-30(2,3)4)28(37)33-19-10-9-11-23(16-19)44(39,40)36-27-26(34-24-12-7-8-13-25(24)35-27)32-20-14-21(41-5)17-22(15-20)42-6/h7-18H,1-6H3,(H,31,38)(H,32,34)(H,33,37)(H,35,36). The summed E-state index contributed by atoms with van der Waals surface area (Å²) in [7, 11) is -1.19. The van der Waals surface area contributed by atoms with Gasteiger partial charge in [0.2, 0.25) is 5.91 Å². The van der Waals surface area contributed by atoms with Crippen LogP contribution < -0.4 is 30.1 Å². The lowest BCUT2D eigenvalue weighted by Crippen LogP contribution is -2.43. The fourth-order valence-electron chi connectivity index (χ4n) is 3.90. The van der Waals surface area contributed by atoms with Crippen molar-refractivity contribution in [3.05, 3.63) is 66.7 Å². The predicted octanol–water partition coefficient (Wildman–Crippen LogP) is 5.04. The third-order valence-electron chi connectivity index (χ3n) is 5.95. The van der Waals surface area contributed by atoms with Gasteiger partial charge in [0.1, 0.15) is 23.1 Å². The van der Waals surface area contributed by atoms with Crippen molar-refractivity contribution in [3.63, 3.8) is 0 Å². The van der Waals surface area contributed by atoms with Crippen molar-refractivity contribution in [3.8, 4) is 11.5 Å². The predicted molar refractivity (Wildman–Crippen MR) is 167 cm³/mol. The van der Waals surface area contributed by atoms with Gasteiger partial charge in [0.15, 0.2) is 11.6 Å². The highest BCUT2D eigenvalue weighted by molar-refractivity contribution is 7.92. The molecule has 1 heterocycles. The van der Waals surface area contributed by atoms with E-state index >= 15 is 0 Å². The molecule has 2 amide bonds. The Labute approximate surface area is 255 Å². The first kappa shape index (κ1) is 31.8. The molecule has 13 nitrogen and oxygen atoms in total. The third-order valence-corrected chi connectivity index (χ3v) is 7.29. The van der Waals surface area contributed by atoms with E-state index in [0.717, 1.165) is 0 Å². The smallest absolute Gasteiger partial charge is 0.408 e. The van der Waals surface area contributed by atoms with Crippen molar-refractivity contribution in [2.24, 2.45) is 0 Å². The maximum absolute atomic E-state index is 13.6. The Bertz CT molecular complexity index is 1770. The number of carbonyl (C=O) groups is 2. The summed E-state index contributed by atoms with van der Waals surface area (Å²) in [5, 5.41) is 8.16. The molecule has 1 unspecified atom stereocenters. The highest BCUT2D eigenvalue weighted by Crippen LogP contribution is 2.31. The molecule has 0 radical (unpaired) electrons. The van der Waals surface area contributed by atoms with Crippen LogP contribution in [0.2, 0.25) is 0 Å². The summed E-state index contributed by atoms with van der Waals surface area (Å²) in [5.74, 6) is 0.526. The lowest BCUT2D eigenvalue weighted by molar-refractivity contribution is -0.117. The summed E-state index contributed by atoms with van der Waals surface area (Å²) in [6, 6.07) is 16.8. The summed E-state index contributed by atoms with van der Waals surface area (Å²) < 4.78 is 45.5. The zero-order valence-corrected chi connectivity index (χ0v) is 25.9. The largest absolute Gasteiger partial charge is 0.497 e. The van der Waals surface area contributed by atoms with Gasteiger partial charge in [0.05, 0.1) is 30.1 Å². The number of methoxy groups -OCH3 is 2. The molecule has 0 aliphatic carbocycles. The Kier molecular flexibility index (Phi) is 9.43. The molecule has 0 fully saturated rings. The fourth-order valence-corrected chi connectivity index (χ4v) is 4.96. The first-order valence-corrected chi connectivity index (χ1v) is 14.9. The van der Waals surface area contributed by atoms with Gasteiger partial charge in [-0.3, -0.25) is 9.52 Å². The van der Waals surface area contributed by atoms with Gasteiger partial charge in [-0.25, -0.2) is 23.2 Å². The number of amides is 2. The zero-order valence-electron chi connectivity index (χ0n) is 25.1. The monoisotopic (exact) mass is 622 g/mol. The molecule has 0 aliphatic rings. The number of aromatic nitrogens is 2. The first-order chi connectivity index (χ1) is 20.8. The number of benzene rings is 3. The third kappa shape index (κ3) is 8.25. The Morgan fingerprint density at radius 2 is 1.43 bits per heavy atom. The van der Waals surface area contributed by atoms with E-state index in [0.29, 0.717) is 28.2 Å². The summed E-state index contributed by atoms with van der Waals surface area (Å²) in [4.78, 5) is 33.7. The molecule has 0 spiro atoms. The maximum atomic E-state index is 13.6. The summed E-state index contributed by atoms with van der Waals surface area (Å²) >= 11 is 0. The van der Waals surface area contributed by atoms with Gasteiger partial charge in [0.25, 0.3) is 10.0 Å². The molecule has 0 aliphatic heterocycles. The average Bonchev–Trinajstić information content (AvgIpc) is 2.96. The molecular weight excluding hydrogens is 588 g/mol. The van der Waals surface area contributed by atoms with Crippen LogP contribution in [0.3, 0.4) is 0 Å². The number of ether oxygens (including phenoxy) is 3. The van der Waals surface area contributed by atoms with Crippen LogP contribution in [-0.2, 0) is 19.6 Å². The zero-order chi connectivity index (χ0) is 32.1. The number of hydrogen-bond acceptors (Lipinski definition) is 10. The number of anilines is 4. The SMILES string of the molecule is COc1cc(Nc2nc3ccccc3nc2NS(=O)(=O)c2cccc(NC(=O)C(C)NC(=O)OC(C)(C)C)c2)cc(OC)c1. The van der Waals surface area contributed by atoms with Crippen molar-refractivity contribution in [1.29, 1.82) is 0 Å². The van der Waals surface area contributed by atoms with E-state index in [2.05, 4.69) is 30.6 Å². The number of hydrogen-bond donors (Lipinski definition) is 4. The second-order valence-electron chi connectivity index (χ2n) is 10.6. The van der Waals surface area contributed by atoms with Crippen molar-refractivity contribution in [2.45, 2.75) is 44.2 Å². The normalized spacial score (nSPS) is 12.1. The van der Waals surface area contributed by atoms with Crippen LogP contribution in [0, 0.1) is 0 Å². The number of para-hydroxylation sites is 2. The van der Waals surface area contributed by atoms with Gasteiger partial charge < -0.3 is 30.2 Å². The molecule has 0 saturated carbocycles. The molecule has 1 atom stereocenters. The highest BCUT2D eigenvalue weighted by Gasteiger charge is 2.23. The van der Waals surface area contributed by atoms with Crippen molar-refractivity contribution < 1.29 is 32.2 Å². The van der Waals surface area contributed by atoms with Gasteiger partial charge >= 0.3 is 6.09 Å². The minimum Gasteiger partial charge on any atom is -0.497 e. The molecule has 4 aromatic rings. The molecule has 44 heavy (non-hydrogen) atoms. The lowest BCUT2D eigenvalue weighted by atomic mass is 10.2. The Balaban J connectivity index is 1.59. The summed E-state index contributed by atoms with van der Waals surface area (Å²) in [6.45, 7) is 6.59. The van der Waals surface area contributed by atoms with E-state index < -0.39 is 33.7 Å². The Morgan fingerprint density at radius 3 is 2.02 bits per heavy atom. The molecule has 0 bridgehead atoms. The van der Waals surface area contributed by atoms with Crippen LogP contribution in [-0.4, -0.2) is 56.2 Å². The van der Waals surface area contributed by atoms with E-state index in [9.17, 15) is 18.0 Å². The van der Waals surface area contributed by atoms with E-state index in [4.69, 9.17) is 14.2 Å². The fraction of sp³-hybridized carbons (Fsp3) is 0.267. The molecule has 4 N–H and O–H groups in total. The van der Waals surface area contributed by atoms with Crippen LogP contribution in [0.1, 0.15) is 27.7 Å². The topological polar surface area (TPSA) is 170 Å². The number of nitrogens with one attached hydrogen (secondary N) is 4. The number of rotatable bonds is 10. The van der Waals surface area contributed by atoms with Crippen LogP contribution in [0.25, 0.3) is 11.0 Å². The van der Waals surface area contributed by atoms with Crippen molar-refractivity contribution in [1.82, 2.24) is 15.3 Å². The number of nitrogens with zero attached hydrogens (tertiary/aromatic N) is 2. The minimum atomic E-state index is -4.22. The van der Waals surface area contributed by atoms with Crippen LogP contribution >= 0.6 is 0 Å². The van der Waals surface area contributed by atoms with Gasteiger partial charge in [-0.05, 0) is 58.0 Å². The van der Waals surface area contributed by atoms with Gasteiger partial charge in [-0.2, -0.15) is 0 Å². The van der Waals surface area contributed by atoms with E-state index in [1.54, 1.807) is 63.2 Å². The molecule has 1 aromatic heterocycles. The second kappa shape index (κ2) is 13.0. The number of alkyl carbamates (subject to hydrolysis) is 1. The summed E-state index contributed by atoms with van der Waals surface area (Å²) in [5.41, 5.74) is 0.979. The van der Waals surface area contributed by atoms with Crippen LogP contribution in [0.15, 0.2) is 71.6 Å². The Morgan fingerprint density at radius 1 is 0.818 bits per heavy atom. The molecular formula is C30H34N6O7S. The van der Waals surface area contributed by atoms with Gasteiger partial charge in [-0.1, -0.05) is 18.2 Å². The second-order valence-corrected chi connectivity index (χ2v) is 12.3. The molecule has 4 rings (SSSR count). The van der Waals surface area contributed by atoms with E-state index in [1.165, 1.54) is 45.4 Å². The van der Waals surface area contributed by atoms with E-state index in [-0.39, 0.29) is 22.2 Å². The Hall–Kier alpha value is -5.11. The quantitative estimate of drug-likeness (QED) is 0.188. The molecule has 3 aromatic carbocycles. The van der Waals surface area contributed by atoms with Crippen LogP contribution in [0.5, 0.6) is 11.5 Å². The summed E-state index contributed by atoms with van der Waals surface area (Å²) in [6.07, 6.45) is -0.756. The minimum absolute atomic E-state index is 0.0601. The maximum Gasteiger partial charge on any atom is 0.408 e. The molecule has 14 heteroatoms. The number of fused-ring (bicyclic) bond motifs is 1. The van der Waals surface area contributed by atoms with E-state index in [1.807, 2.05) is 0 Å². The van der Waals surface area contributed by atoms with Gasteiger partial charge in [0, 0.05) is 29.6 Å². The first-order valence-electron chi connectivity index (χ1n) is 13.5. The van der Waals surface area contributed by atoms with Gasteiger partial charge in [-0.15, -0.1) is 0 Å². The van der Waals surface area contributed by atoms with Crippen molar-refractivity contribution >= 4 is 56.1 Å². The number of sulfonamides is 1.